The van der Waals surface area contributed by atoms with Crippen LogP contribution in [0.3, 0.4) is 0 Å². The van der Waals surface area contributed by atoms with Crippen molar-refractivity contribution in [3.8, 4) is 17.3 Å². The first-order valence-corrected chi connectivity index (χ1v) is 10.2. The Bertz CT molecular complexity index is 967. The van der Waals surface area contributed by atoms with E-state index in [0.29, 0.717) is 35.4 Å². The van der Waals surface area contributed by atoms with Crippen LogP contribution in [0.2, 0.25) is 0 Å². The lowest BCUT2D eigenvalue weighted by molar-refractivity contribution is 0.122. The van der Waals surface area contributed by atoms with Gasteiger partial charge in [0.25, 0.3) is 0 Å². The highest BCUT2D eigenvalue weighted by Gasteiger charge is 2.22. The molecule has 1 aliphatic rings. The van der Waals surface area contributed by atoms with E-state index in [1.54, 1.807) is 11.8 Å². The number of thioether (sulfide) groups is 1. The molecule has 0 amide bonds. The van der Waals surface area contributed by atoms with Gasteiger partial charge in [0.1, 0.15) is 11.6 Å². The maximum atomic E-state index is 9.90. The number of nitrogens with zero attached hydrogens (tertiary/aromatic N) is 4. The highest BCUT2D eigenvalue weighted by atomic mass is 32.2. The Labute approximate surface area is 169 Å². The van der Waals surface area contributed by atoms with Gasteiger partial charge < -0.3 is 9.64 Å². The number of nitriles is 1. The van der Waals surface area contributed by atoms with Crippen LogP contribution in [0.25, 0.3) is 11.3 Å². The van der Waals surface area contributed by atoms with Gasteiger partial charge in [-0.05, 0) is 5.56 Å². The molecule has 2 aromatic carbocycles. The molecular weight excluding hydrogens is 368 g/mol. The summed E-state index contributed by atoms with van der Waals surface area (Å²) in [5, 5.41) is 10.6. The van der Waals surface area contributed by atoms with Gasteiger partial charge in [-0.3, -0.25) is 0 Å². The molecule has 3 aromatic rings. The van der Waals surface area contributed by atoms with Crippen molar-refractivity contribution >= 4 is 17.6 Å². The molecule has 140 valence electrons. The van der Waals surface area contributed by atoms with Crippen molar-refractivity contribution in [3.63, 3.8) is 0 Å². The minimum atomic E-state index is 0.525. The van der Waals surface area contributed by atoms with Crippen LogP contribution < -0.4 is 4.90 Å². The van der Waals surface area contributed by atoms with Gasteiger partial charge in [0.2, 0.25) is 0 Å². The largest absolute Gasteiger partial charge is 0.378 e. The molecule has 0 radical (unpaired) electrons. The molecule has 2 heterocycles. The number of hydrogen-bond donors (Lipinski definition) is 0. The van der Waals surface area contributed by atoms with Crippen molar-refractivity contribution in [1.29, 1.82) is 5.26 Å². The van der Waals surface area contributed by atoms with Gasteiger partial charge in [-0.25, -0.2) is 9.97 Å². The van der Waals surface area contributed by atoms with Crippen LogP contribution >= 0.6 is 11.8 Å². The highest BCUT2D eigenvalue weighted by Crippen LogP contribution is 2.32. The Balaban J connectivity index is 1.74. The zero-order chi connectivity index (χ0) is 19.2. The Kier molecular flexibility index (Phi) is 5.86. The number of hydrogen-bond acceptors (Lipinski definition) is 6. The van der Waals surface area contributed by atoms with Crippen LogP contribution in [0.1, 0.15) is 11.1 Å². The molecule has 0 bridgehead atoms. The molecule has 1 fully saturated rings. The lowest BCUT2D eigenvalue weighted by atomic mass is 10.1. The summed E-state index contributed by atoms with van der Waals surface area (Å²) in [4.78, 5) is 11.7. The summed E-state index contributed by atoms with van der Waals surface area (Å²) >= 11 is 1.59. The van der Waals surface area contributed by atoms with Crippen LogP contribution in [0.5, 0.6) is 0 Å². The summed E-state index contributed by atoms with van der Waals surface area (Å²) in [6.45, 7) is 2.73. The molecule has 0 spiro atoms. The van der Waals surface area contributed by atoms with E-state index in [9.17, 15) is 5.26 Å². The Hall–Kier alpha value is -2.88. The Morgan fingerprint density at radius 2 is 1.64 bits per heavy atom. The summed E-state index contributed by atoms with van der Waals surface area (Å²) < 4.78 is 5.47. The summed E-state index contributed by atoms with van der Waals surface area (Å²) in [6, 6.07) is 22.5. The van der Waals surface area contributed by atoms with Crippen LogP contribution in [0.15, 0.2) is 65.8 Å². The van der Waals surface area contributed by atoms with Crippen molar-refractivity contribution in [2.75, 3.05) is 31.2 Å². The summed E-state index contributed by atoms with van der Waals surface area (Å²) in [5.74, 6) is 1.49. The zero-order valence-corrected chi connectivity index (χ0v) is 16.2. The van der Waals surface area contributed by atoms with Gasteiger partial charge in [-0.15, -0.1) is 0 Å². The number of aromatic nitrogens is 2. The normalized spacial score (nSPS) is 13.9. The molecule has 0 atom stereocenters. The topological polar surface area (TPSA) is 62.0 Å². The predicted molar refractivity (Wildman–Crippen MR) is 111 cm³/mol. The van der Waals surface area contributed by atoms with Gasteiger partial charge in [-0.1, -0.05) is 72.4 Å². The van der Waals surface area contributed by atoms with Gasteiger partial charge >= 0.3 is 0 Å². The van der Waals surface area contributed by atoms with Crippen molar-refractivity contribution < 1.29 is 4.74 Å². The standard InChI is InChI=1S/C22H20N4OS/c23-15-19-20(18-9-5-2-6-10-18)24-22(28-16-17-7-3-1-4-8-17)25-21(19)26-11-13-27-14-12-26/h1-10H,11-14,16H2. The Morgan fingerprint density at radius 1 is 0.964 bits per heavy atom. The summed E-state index contributed by atoms with van der Waals surface area (Å²) in [6.07, 6.45) is 0. The van der Waals surface area contributed by atoms with Crippen LogP contribution in [-0.4, -0.2) is 36.3 Å². The van der Waals surface area contributed by atoms with Gasteiger partial charge in [0, 0.05) is 24.4 Å². The van der Waals surface area contributed by atoms with Crippen LogP contribution in [-0.2, 0) is 10.5 Å². The molecule has 1 aliphatic heterocycles. The molecule has 0 saturated carbocycles. The lowest BCUT2D eigenvalue weighted by Gasteiger charge is -2.29. The zero-order valence-electron chi connectivity index (χ0n) is 15.4. The van der Waals surface area contributed by atoms with Crippen molar-refractivity contribution in [3.05, 3.63) is 71.8 Å². The van der Waals surface area contributed by atoms with E-state index in [1.807, 2.05) is 48.5 Å². The van der Waals surface area contributed by atoms with Gasteiger partial charge in [0.05, 0.1) is 18.9 Å². The van der Waals surface area contributed by atoms with E-state index in [-0.39, 0.29) is 0 Å². The second kappa shape index (κ2) is 8.87. The minimum Gasteiger partial charge on any atom is -0.378 e. The Morgan fingerprint density at radius 3 is 2.32 bits per heavy atom. The second-order valence-corrected chi connectivity index (χ2v) is 7.35. The van der Waals surface area contributed by atoms with E-state index in [0.717, 1.165) is 24.4 Å². The molecule has 0 aliphatic carbocycles. The highest BCUT2D eigenvalue weighted by molar-refractivity contribution is 7.98. The fourth-order valence-corrected chi connectivity index (χ4v) is 3.92. The number of rotatable bonds is 5. The first kappa shape index (κ1) is 18.5. The summed E-state index contributed by atoms with van der Waals surface area (Å²) in [5.41, 5.74) is 3.36. The van der Waals surface area contributed by atoms with E-state index in [2.05, 4.69) is 23.1 Å². The van der Waals surface area contributed by atoms with Gasteiger partial charge in [-0.2, -0.15) is 5.26 Å². The molecule has 6 heteroatoms. The monoisotopic (exact) mass is 388 g/mol. The van der Waals surface area contributed by atoms with Gasteiger partial charge in [0.15, 0.2) is 11.0 Å². The second-order valence-electron chi connectivity index (χ2n) is 6.40. The molecular formula is C22H20N4OS. The fraction of sp³-hybridized carbons (Fsp3) is 0.227. The smallest absolute Gasteiger partial charge is 0.190 e. The van der Waals surface area contributed by atoms with Crippen LogP contribution in [0, 0.1) is 11.3 Å². The number of anilines is 1. The first-order valence-electron chi connectivity index (χ1n) is 9.22. The maximum absolute atomic E-state index is 9.90. The third kappa shape index (κ3) is 4.16. The predicted octanol–water partition coefficient (Wildman–Crippen LogP) is 4.14. The summed E-state index contributed by atoms with van der Waals surface area (Å²) in [7, 11) is 0. The lowest BCUT2D eigenvalue weighted by Crippen LogP contribution is -2.37. The number of morpholine rings is 1. The van der Waals surface area contributed by atoms with E-state index in [1.165, 1.54) is 5.56 Å². The molecule has 1 saturated heterocycles. The molecule has 5 nitrogen and oxygen atoms in total. The molecule has 4 rings (SSSR count). The van der Waals surface area contributed by atoms with Crippen molar-refractivity contribution in [2.24, 2.45) is 0 Å². The first-order chi connectivity index (χ1) is 13.8. The minimum absolute atomic E-state index is 0.525. The molecule has 0 unspecified atom stereocenters. The molecule has 1 aromatic heterocycles. The fourth-order valence-electron chi connectivity index (χ4n) is 3.13. The quantitative estimate of drug-likeness (QED) is 0.483. The van der Waals surface area contributed by atoms with Crippen LogP contribution in [0.4, 0.5) is 5.82 Å². The average Bonchev–Trinajstić information content (AvgIpc) is 2.79. The average molecular weight is 388 g/mol. The molecule has 0 N–H and O–H groups in total. The van der Waals surface area contributed by atoms with E-state index >= 15 is 0 Å². The molecule has 28 heavy (non-hydrogen) atoms. The van der Waals surface area contributed by atoms with E-state index in [4.69, 9.17) is 14.7 Å². The third-order valence-electron chi connectivity index (χ3n) is 4.55. The van der Waals surface area contributed by atoms with Crippen molar-refractivity contribution in [2.45, 2.75) is 10.9 Å². The SMILES string of the molecule is N#Cc1c(-c2ccccc2)nc(SCc2ccccc2)nc1N1CCOCC1. The number of ether oxygens (including phenoxy) is 1. The third-order valence-corrected chi connectivity index (χ3v) is 5.47. The number of benzene rings is 2. The maximum Gasteiger partial charge on any atom is 0.190 e. The van der Waals surface area contributed by atoms with Crippen molar-refractivity contribution in [1.82, 2.24) is 9.97 Å². The van der Waals surface area contributed by atoms with E-state index < -0.39 is 0 Å².